The molecule has 0 unspecified atom stereocenters. The van der Waals surface area contributed by atoms with Gasteiger partial charge in [-0.1, -0.05) is 11.6 Å². The van der Waals surface area contributed by atoms with Crippen LogP contribution >= 0.6 is 11.6 Å². The second-order valence-corrected chi connectivity index (χ2v) is 9.18. The molecule has 0 N–H and O–H groups in total. The van der Waals surface area contributed by atoms with Crippen molar-refractivity contribution in [2.24, 2.45) is 0 Å². The third-order valence-corrected chi connectivity index (χ3v) is 7.11. The van der Waals surface area contributed by atoms with Gasteiger partial charge in [-0.3, -0.25) is 0 Å². The number of anilines is 1. The van der Waals surface area contributed by atoms with Crippen LogP contribution in [0.15, 0.2) is 47.5 Å². The summed E-state index contributed by atoms with van der Waals surface area (Å²) in [6.07, 6.45) is 1.83. The third-order valence-electron chi connectivity index (χ3n) is 4.92. The molecule has 1 aliphatic rings. The molecule has 1 aromatic carbocycles. The van der Waals surface area contributed by atoms with Gasteiger partial charge in [0.15, 0.2) is 11.6 Å². The number of aryl methyl sites for hydroxylation is 1. The lowest BCUT2D eigenvalue weighted by molar-refractivity contribution is 0.383. The van der Waals surface area contributed by atoms with Crippen LogP contribution in [-0.2, 0) is 10.0 Å². The van der Waals surface area contributed by atoms with Crippen LogP contribution in [0.3, 0.4) is 0 Å². The van der Waals surface area contributed by atoms with E-state index in [4.69, 9.17) is 16.3 Å². The van der Waals surface area contributed by atoms with E-state index in [9.17, 15) is 8.42 Å². The summed E-state index contributed by atoms with van der Waals surface area (Å²) < 4.78 is 34.1. The van der Waals surface area contributed by atoms with Crippen LogP contribution in [0, 0.1) is 6.92 Å². The highest BCUT2D eigenvalue weighted by Crippen LogP contribution is 2.29. The van der Waals surface area contributed by atoms with Crippen molar-refractivity contribution in [3.05, 3.63) is 53.3 Å². The SMILES string of the molecule is COc1ccc(S(=O)(=O)N2CCN(c3ccc(-n4ccc(C)n4)nn3)CC2)cc1Cl. The third kappa shape index (κ3) is 3.98. The molecule has 0 saturated carbocycles. The van der Waals surface area contributed by atoms with Crippen molar-refractivity contribution in [1.82, 2.24) is 24.3 Å². The topological polar surface area (TPSA) is 93.5 Å². The number of aromatic nitrogens is 4. The second kappa shape index (κ2) is 8.21. The van der Waals surface area contributed by atoms with Crippen molar-refractivity contribution in [2.75, 3.05) is 38.2 Å². The standard InChI is InChI=1S/C19H21ClN6O3S/c1-14-7-8-26(23-14)19-6-5-18(21-22-19)24-9-11-25(12-10-24)30(27,28)15-3-4-17(29-2)16(20)13-15/h3-8,13H,9-12H2,1-2H3. The Hall–Kier alpha value is -2.69. The molecule has 3 aromatic rings. The van der Waals surface area contributed by atoms with Gasteiger partial charge in [-0.2, -0.15) is 9.40 Å². The van der Waals surface area contributed by atoms with Gasteiger partial charge in [0.05, 0.1) is 22.7 Å². The van der Waals surface area contributed by atoms with Gasteiger partial charge in [0, 0.05) is 32.4 Å². The molecule has 0 spiro atoms. The highest BCUT2D eigenvalue weighted by Gasteiger charge is 2.29. The largest absolute Gasteiger partial charge is 0.495 e. The number of benzene rings is 1. The molecular weight excluding hydrogens is 428 g/mol. The number of hydrogen-bond donors (Lipinski definition) is 0. The summed E-state index contributed by atoms with van der Waals surface area (Å²) in [5, 5.41) is 13.1. The van der Waals surface area contributed by atoms with Crippen LogP contribution in [0.4, 0.5) is 5.82 Å². The normalized spacial score (nSPS) is 15.4. The molecule has 11 heteroatoms. The lowest BCUT2D eigenvalue weighted by Gasteiger charge is -2.34. The molecule has 158 valence electrons. The number of hydrogen-bond acceptors (Lipinski definition) is 7. The Morgan fingerprint density at radius 1 is 1.00 bits per heavy atom. The summed E-state index contributed by atoms with van der Waals surface area (Å²) in [4.78, 5) is 2.17. The fraction of sp³-hybridized carbons (Fsp3) is 0.316. The zero-order valence-electron chi connectivity index (χ0n) is 16.6. The number of methoxy groups -OCH3 is 1. The first-order chi connectivity index (χ1) is 14.4. The molecule has 9 nitrogen and oxygen atoms in total. The molecule has 2 aromatic heterocycles. The van der Waals surface area contributed by atoms with E-state index in [1.165, 1.54) is 23.5 Å². The van der Waals surface area contributed by atoms with Gasteiger partial charge in [-0.15, -0.1) is 10.2 Å². The Labute approximate surface area is 179 Å². The van der Waals surface area contributed by atoms with E-state index in [1.807, 2.05) is 36.2 Å². The summed E-state index contributed by atoms with van der Waals surface area (Å²) in [7, 11) is -2.15. The number of rotatable bonds is 5. The lowest BCUT2D eigenvalue weighted by Crippen LogP contribution is -2.49. The molecule has 1 saturated heterocycles. The minimum absolute atomic E-state index is 0.153. The fourth-order valence-electron chi connectivity index (χ4n) is 3.27. The Balaban J connectivity index is 1.44. The molecular formula is C19H21ClN6O3S. The summed E-state index contributed by atoms with van der Waals surface area (Å²) >= 11 is 6.10. The average molecular weight is 449 g/mol. The van der Waals surface area contributed by atoms with Crippen molar-refractivity contribution < 1.29 is 13.2 Å². The Bertz CT molecular complexity index is 1140. The van der Waals surface area contributed by atoms with Crippen molar-refractivity contribution in [3.63, 3.8) is 0 Å². The van der Waals surface area contributed by atoms with Crippen molar-refractivity contribution in [2.45, 2.75) is 11.8 Å². The van der Waals surface area contributed by atoms with Gasteiger partial charge >= 0.3 is 0 Å². The maximum absolute atomic E-state index is 13.0. The Morgan fingerprint density at radius 3 is 2.27 bits per heavy atom. The molecule has 0 radical (unpaired) electrons. The number of sulfonamides is 1. The summed E-state index contributed by atoms with van der Waals surface area (Å²) in [5.74, 6) is 1.77. The molecule has 0 amide bonds. The molecule has 1 fully saturated rings. The van der Waals surface area contributed by atoms with Gasteiger partial charge in [0.25, 0.3) is 0 Å². The lowest BCUT2D eigenvalue weighted by atomic mass is 10.3. The van der Waals surface area contributed by atoms with Crippen molar-refractivity contribution in [1.29, 1.82) is 0 Å². The first kappa shape index (κ1) is 20.6. The van der Waals surface area contributed by atoms with Crippen molar-refractivity contribution in [3.8, 4) is 11.6 Å². The van der Waals surface area contributed by atoms with Crippen LogP contribution in [0.5, 0.6) is 5.75 Å². The highest BCUT2D eigenvalue weighted by atomic mass is 35.5. The van der Waals surface area contributed by atoms with Crippen LogP contribution in [0.25, 0.3) is 5.82 Å². The van der Waals surface area contributed by atoms with Crippen molar-refractivity contribution >= 4 is 27.4 Å². The Kier molecular flexibility index (Phi) is 5.63. The van der Waals surface area contributed by atoms with E-state index in [0.29, 0.717) is 43.6 Å². The van der Waals surface area contributed by atoms with E-state index in [0.717, 1.165) is 5.69 Å². The van der Waals surface area contributed by atoms with E-state index in [1.54, 1.807) is 10.7 Å². The quantitative estimate of drug-likeness (QED) is 0.590. The molecule has 1 aliphatic heterocycles. The molecule has 30 heavy (non-hydrogen) atoms. The predicted molar refractivity (Wildman–Crippen MR) is 113 cm³/mol. The van der Waals surface area contributed by atoms with E-state index >= 15 is 0 Å². The van der Waals surface area contributed by atoms with E-state index in [2.05, 4.69) is 15.3 Å². The molecule has 3 heterocycles. The van der Waals surface area contributed by atoms with Gasteiger partial charge < -0.3 is 9.64 Å². The maximum atomic E-state index is 13.0. The van der Waals surface area contributed by atoms with Crippen LogP contribution in [0.1, 0.15) is 5.69 Å². The average Bonchev–Trinajstić information content (AvgIpc) is 3.20. The summed E-state index contributed by atoms with van der Waals surface area (Å²) in [6.45, 7) is 3.61. The smallest absolute Gasteiger partial charge is 0.243 e. The van der Waals surface area contributed by atoms with Gasteiger partial charge in [-0.25, -0.2) is 13.1 Å². The highest BCUT2D eigenvalue weighted by molar-refractivity contribution is 7.89. The first-order valence-corrected chi connectivity index (χ1v) is 11.2. The minimum atomic E-state index is -3.64. The first-order valence-electron chi connectivity index (χ1n) is 9.33. The zero-order chi connectivity index (χ0) is 21.3. The predicted octanol–water partition coefficient (Wildman–Crippen LogP) is 2.14. The van der Waals surface area contributed by atoms with E-state index in [-0.39, 0.29) is 9.92 Å². The summed E-state index contributed by atoms with van der Waals surface area (Å²) in [6, 6.07) is 10.1. The second-order valence-electron chi connectivity index (χ2n) is 6.84. The monoisotopic (exact) mass is 448 g/mol. The number of halogens is 1. The number of piperazine rings is 1. The van der Waals surface area contributed by atoms with Crippen LogP contribution in [-0.4, -0.2) is 66.0 Å². The van der Waals surface area contributed by atoms with E-state index < -0.39 is 10.0 Å². The number of nitrogens with zero attached hydrogens (tertiary/aromatic N) is 6. The van der Waals surface area contributed by atoms with Gasteiger partial charge in [0.2, 0.25) is 10.0 Å². The molecule has 4 rings (SSSR count). The zero-order valence-corrected chi connectivity index (χ0v) is 18.1. The fourth-order valence-corrected chi connectivity index (χ4v) is 5.04. The minimum Gasteiger partial charge on any atom is -0.495 e. The Morgan fingerprint density at radius 2 is 1.70 bits per heavy atom. The maximum Gasteiger partial charge on any atom is 0.243 e. The molecule has 0 atom stereocenters. The van der Waals surface area contributed by atoms with Crippen LogP contribution < -0.4 is 9.64 Å². The van der Waals surface area contributed by atoms with Gasteiger partial charge in [0.1, 0.15) is 5.75 Å². The molecule has 0 aliphatic carbocycles. The van der Waals surface area contributed by atoms with Crippen LogP contribution in [0.2, 0.25) is 5.02 Å². The molecule has 0 bridgehead atoms. The number of ether oxygens (including phenoxy) is 1. The van der Waals surface area contributed by atoms with Gasteiger partial charge in [-0.05, 0) is 43.3 Å². The summed E-state index contributed by atoms with van der Waals surface area (Å²) in [5.41, 5.74) is 0.899.